The molecule has 3 nitrogen and oxygen atoms in total. The molecule has 0 unspecified atom stereocenters. The number of aromatic nitrogens is 1. The molecule has 0 bridgehead atoms. The molecule has 84 valence electrons. The first kappa shape index (κ1) is 10.7. The Balaban J connectivity index is 1.94. The highest BCUT2D eigenvalue weighted by Gasteiger charge is 2.18. The fourth-order valence-electron chi connectivity index (χ4n) is 2.15. The van der Waals surface area contributed by atoms with E-state index in [0.717, 1.165) is 29.8 Å². The Morgan fingerprint density at radius 1 is 1.33 bits per heavy atom. The number of rotatable bonds is 2. The number of hydrogen-bond donors (Lipinski definition) is 0. The molecule has 0 aromatic carbocycles. The van der Waals surface area contributed by atoms with E-state index < -0.39 is 0 Å². The van der Waals surface area contributed by atoms with E-state index in [-0.39, 0.29) is 0 Å². The molecule has 0 saturated carbocycles. The van der Waals surface area contributed by atoms with Crippen molar-refractivity contribution in [1.82, 2.24) is 9.88 Å². The van der Waals surface area contributed by atoms with Gasteiger partial charge in [-0.1, -0.05) is 6.92 Å². The van der Waals surface area contributed by atoms with Crippen LogP contribution in [-0.2, 0) is 6.54 Å². The van der Waals surface area contributed by atoms with Gasteiger partial charge in [0.1, 0.15) is 5.76 Å². The standard InChI is InChI=1S/C12H20N2O/c1-9-4-6-14(7-5-9)8-12-10(2)15-11(3)13-12/h9H,4-8H2,1-3H3. The van der Waals surface area contributed by atoms with E-state index in [9.17, 15) is 0 Å². The van der Waals surface area contributed by atoms with E-state index >= 15 is 0 Å². The minimum atomic E-state index is 0.785. The van der Waals surface area contributed by atoms with Gasteiger partial charge in [-0.25, -0.2) is 4.98 Å². The second-order valence-electron chi connectivity index (χ2n) is 4.69. The van der Waals surface area contributed by atoms with Crippen molar-refractivity contribution in [2.24, 2.45) is 5.92 Å². The van der Waals surface area contributed by atoms with E-state index in [4.69, 9.17) is 4.42 Å². The van der Waals surface area contributed by atoms with E-state index in [2.05, 4.69) is 16.8 Å². The zero-order chi connectivity index (χ0) is 10.8. The number of hydrogen-bond acceptors (Lipinski definition) is 3. The van der Waals surface area contributed by atoms with Crippen LogP contribution in [0.1, 0.15) is 37.1 Å². The molecule has 1 aliphatic heterocycles. The van der Waals surface area contributed by atoms with Gasteiger partial charge in [0.25, 0.3) is 0 Å². The predicted molar refractivity (Wildman–Crippen MR) is 59.7 cm³/mol. The number of nitrogens with zero attached hydrogens (tertiary/aromatic N) is 2. The van der Waals surface area contributed by atoms with Crippen LogP contribution in [0.15, 0.2) is 4.42 Å². The summed E-state index contributed by atoms with van der Waals surface area (Å²) < 4.78 is 5.44. The maximum absolute atomic E-state index is 5.44. The van der Waals surface area contributed by atoms with Gasteiger partial charge in [-0.05, 0) is 38.8 Å². The third-order valence-electron chi connectivity index (χ3n) is 3.25. The Hall–Kier alpha value is -0.830. The highest BCUT2D eigenvalue weighted by Crippen LogP contribution is 2.19. The van der Waals surface area contributed by atoms with Crippen molar-refractivity contribution in [3.63, 3.8) is 0 Å². The highest BCUT2D eigenvalue weighted by atomic mass is 16.4. The molecule has 3 heteroatoms. The van der Waals surface area contributed by atoms with Crippen molar-refractivity contribution >= 4 is 0 Å². The van der Waals surface area contributed by atoms with E-state index in [0.29, 0.717) is 0 Å². The number of oxazole rings is 1. The lowest BCUT2D eigenvalue weighted by molar-refractivity contribution is 0.183. The van der Waals surface area contributed by atoms with Gasteiger partial charge in [0.15, 0.2) is 5.89 Å². The maximum Gasteiger partial charge on any atom is 0.191 e. The third kappa shape index (κ3) is 2.59. The summed E-state index contributed by atoms with van der Waals surface area (Å²) in [4.78, 5) is 6.89. The number of likely N-dealkylation sites (tertiary alicyclic amines) is 1. The zero-order valence-corrected chi connectivity index (χ0v) is 9.92. The van der Waals surface area contributed by atoms with Gasteiger partial charge < -0.3 is 4.42 Å². The van der Waals surface area contributed by atoms with Crippen LogP contribution in [0, 0.1) is 19.8 Å². The van der Waals surface area contributed by atoms with Crippen molar-refractivity contribution in [2.45, 2.75) is 40.2 Å². The van der Waals surface area contributed by atoms with Crippen molar-refractivity contribution < 1.29 is 4.42 Å². The van der Waals surface area contributed by atoms with Gasteiger partial charge in [0.05, 0.1) is 5.69 Å². The molecular formula is C12H20N2O. The molecule has 1 saturated heterocycles. The van der Waals surface area contributed by atoms with Gasteiger partial charge in [0.2, 0.25) is 0 Å². The number of aryl methyl sites for hydroxylation is 2. The van der Waals surface area contributed by atoms with Crippen LogP contribution >= 0.6 is 0 Å². The Morgan fingerprint density at radius 2 is 2.00 bits per heavy atom. The van der Waals surface area contributed by atoms with Crippen LogP contribution in [0.5, 0.6) is 0 Å². The molecule has 0 radical (unpaired) electrons. The summed E-state index contributed by atoms with van der Waals surface area (Å²) in [5.74, 6) is 2.65. The van der Waals surface area contributed by atoms with Crippen molar-refractivity contribution in [3.05, 3.63) is 17.3 Å². The van der Waals surface area contributed by atoms with Gasteiger partial charge in [-0.15, -0.1) is 0 Å². The molecule has 2 heterocycles. The van der Waals surface area contributed by atoms with E-state index in [1.54, 1.807) is 0 Å². The molecule has 1 fully saturated rings. The highest BCUT2D eigenvalue weighted by molar-refractivity contribution is 5.07. The fraction of sp³-hybridized carbons (Fsp3) is 0.750. The number of piperidine rings is 1. The second-order valence-corrected chi connectivity index (χ2v) is 4.69. The summed E-state index contributed by atoms with van der Waals surface area (Å²) >= 11 is 0. The molecule has 0 atom stereocenters. The molecule has 1 aliphatic rings. The Bertz CT molecular complexity index is 324. The van der Waals surface area contributed by atoms with E-state index in [1.807, 2.05) is 13.8 Å². The van der Waals surface area contributed by atoms with Crippen molar-refractivity contribution in [2.75, 3.05) is 13.1 Å². The SMILES string of the molecule is Cc1nc(CN2CCC(C)CC2)c(C)o1. The summed E-state index contributed by atoms with van der Waals surface area (Å²) in [6.07, 6.45) is 2.63. The lowest BCUT2D eigenvalue weighted by Gasteiger charge is -2.29. The van der Waals surface area contributed by atoms with Crippen LogP contribution in [0.25, 0.3) is 0 Å². The molecule has 0 spiro atoms. The largest absolute Gasteiger partial charge is 0.446 e. The summed E-state index contributed by atoms with van der Waals surface area (Å²) in [7, 11) is 0. The first-order valence-corrected chi connectivity index (χ1v) is 5.80. The predicted octanol–water partition coefficient (Wildman–Crippen LogP) is 2.52. The average Bonchev–Trinajstić information content (AvgIpc) is 2.49. The second kappa shape index (κ2) is 4.35. The maximum atomic E-state index is 5.44. The topological polar surface area (TPSA) is 29.3 Å². The van der Waals surface area contributed by atoms with Crippen LogP contribution in [0.4, 0.5) is 0 Å². The first-order valence-electron chi connectivity index (χ1n) is 5.80. The Labute approximate surface area is 91.5 Å². The van der Waals surface area contributed by atoms with Gasteiger partial charge >= 0.3 is 0 Å². The molecule has 0 N–H and O–H groups in total. The van der Waals surface area contributed by atoms with Gasteiger partial charge in [-0.3, -0.25) is 4.90 Å². The summed E-state index contributed by atoms with van der Waals surface area (Å²) in [5.41, 5.74) is 1.11. The fourth-order valence-corrected chi connectivity index (χ4v) is 2.15. The Morgan fingerprint density at radius 3 is 2.53 bits per heavy atom. The van der Waals surface area contributed by atoms with Crippen LogP contribution < -0.4 is 0 Å². The summed E-state index contributed by atoms with van der Waals surface area (Å²) in [5, 5.41) is 0. The smallest absolute Gasteiger partial charge is 0.191 e. The average molecular weight is 208 g/mol. The Kier molecular flexibility index (Phi) is 3.10. The molecule has 1 aromatic heterocycles. The van der Waals surface area contributed by atoms with Crippen molar-refractivity contribution in [1.29, 1.82) is 0 Å². The van der Waals surface area contributed by atoms with Crippen LogP contribution in [0.3, 0.4) is 0 Å². The van der Waals surface area contributed by atoms with Gasteiger partial charge in [-0.2, -0.15) is 0 Å². The monoisotopic (exact) mass is 208 g/mol. The molecule has 0 amide bonds. The molecule has 15 heavy (non-hydrogen) atoms. The quantitative estimate of drug-likeness (QED) is 0.748. The summed E-state index contributed by atoms with van der Waals surface area (Å²) in [6, 6.07) is 0. The molecule has 1 aromatic rings. The van der Waals surface area contributed by atoms with Crippen LogP contribution in [0.2, 0.25) is 0 Å². The molecule has 0 aliphatic carbocycles. The minimum Gasteiger partial charge on any atom is -0.446 e. The van der Waals surface area contributed by atoms with E-state index in [1.165, 1.54) is 25.9 Å². The normalized spacial score (nSPS) is 19.7. The third-order valence-corrected chi connectivity index (χ3v) is 3.25. The lowest BCUT2D eigenvalue weighted by atomic mass is 9.99. The van der Waals surface area contributed by atoms with Gasteiger partial charge in [0, 0.05) is 13.5 Å². The first-order chi connectivity index (χ1) is 7.15. The van der Waals surface area contributed by atoms with Crippen molar-refractivity contribution in [3.8, 4) is 0 Å². The van der Waals surface area contributed by atoms with Crippen LogP contribution in [-0.4, -0.2) is 23.0 Å². The molecule has 2 rings (SSSR count). The minimum absolute atomic E-state index is 0.785. The summed E-state index contributed by atoms with van der Waals surface area (Å²) in [6.45, 7) is 9.61. The zero-order valence-electron chi connectivity index (χ0n) is 9.92. The molecular weight excluding hydrogens is 188 g/mol. The lowest BCUT2D eigenvalue weighted by Crippen LogP contribution is -2.32.